The van der Waals surface area contributed by atoms with E-state index in [4.69, 9.17) is 0 Å². The number of amides is 1. The molecule has 2 aromatic rings. The molecule has 0 unspecified atom stereocenters. The van der Waals surface area contributed by atoms with Crippen LogP contribution in [-0.2, 0) is 0 Å². The summed E-state index contributed by atoms with van der Waals surface area (Å²) < 4.78 is 13.5. The summed E-state index contributed by atoms with van der Waals surface area (Å²) in [4.78, 5) is 14.8. The summed E-state index contributed by atoms with van der Waals surface area (Å²) in [6.07, 6.45) is 4.56. The van der Waals surface area contributed by atoms with Crippen LogP contribution in [0.4, 0.5) is 4.39 Å². The third-order valence-electron chi connectivity index (χ3n) is 4.52. The van der Waals surface area contributed by atoms with E-state index in [2.05, 4.69) is 0 Å². The number of likely N-dealkylation sites (tertiary alicyclic amines) is 1. The third-order valence-corrected chi connectivity index (χ3v) is 4.52. The van der Waals surface area contributed by atoms with Crippen molar-refractivity contribution in [1.29, 1.82) is 0 Å². The van der Waals surface area contributed by atoms with Crippen molar-refractivity contribution in [1.82, 2.24) is 4.90 Å². The predicted molar refractivity (Wildman–Crippen MR) is 90.9 cm³/mol. The average Bonchev–Trinajstić information content (AvgIpc) is 2.84. The Balaban J connectivity index is 1.92. The lowest BCUT2D eigenvalue weighted by atomic mass is 9.99. The van der Waals surface area contributed by atoms with E-state index < -0.39 is 0 Å². The molecule has 23 heavy (non-hydrogen) atoms. The Morgan fingerprint density at radius 2 is 1.65 bits per heavy atom. The molecule has 0 atom stereocenters. The van der Waals surface area contributed by atoms with Crippen LogP contribution in [0.5, 0.6) is 0 Å². The first-order valence-electron chi connectivity index (χ1n) is 8.31. The minimum absolute atomic E-state index is 0.0997. The standard InChI is InChI=1S/C20H22FNO/c1-15-9-10-17(16-7-6-8-18(21)13-16)14-19(15)20(23)22-11-4-2-3-5-12-22/h6-10,13-14H,2-5,11-12H2,1H3. The van der Waals surface area contributed by atoms with Crippen LogP contribution in [0.1, 0.15) is 41.6 Å². The van der Waals surface area contributed by atoms with Crippen LogP contribution in [0.3, 0.4) is 0 Å². The van der Waals surface area contributed by atoms with Crippen LogP contribution in [0.2, 0.25) is 0 Å². The van der Waals surface area contributed by atoms with E-state index in [1.807, 2.05) is 36.1 Å². The summed E-state index contributed by atoms with van der Waals surface area (Å²) >= 11 is 0. The molecule has 0 aromatic heterocycles. The molecule has 0 radical (unpaired) electrons. The normalized spacial score (nSPS) is 15.3. The molecule has 0 saturated carbocycles. The second kappa shape index (κ2) is 6.95. The second-order valence-corrected chi connectivity index (χ2v) is 6.25. The topological polar surface area (TPSA) is 20.3 Å². The van der Waals surface area contributed by atoms with Crippen LogP contribution in [0.25, 0.3) is 11.1 Å². The molecule has 1 fully saturated rings. The molecular formula is C20H22FNO. The Morgan fingerprint density at radius 1 is 0.957 bits per heavy atom. The quantitative estimate of drug-likeness (QED) is 0.779. The number of hydrogen-bond acceptors (Lipinski definition) is 1. The first kappa shape index (κ1) is 15.7. The van der Waals surface area contributed by atoms with Crippen LogP contribution in [-0.4, -0.2) is 23.9 Å². The van der Waals surface area contributed by atoms with Crippen LogP contribution < -0.4 is 0 Å². The Hall–Kier alpha value is -2.16. The number of halogens is 1. The minimum Gasteiger partial charge on any atom is -0.339 e. The molecule has 1 aliphatic heterocycles. The Bertz CT molecular complexity index is 703. The van der Waals surface area contributed by atoms with E-state index in [0.717, 1.165) is 48.2 Å². The van der Waals surface area contributed by atoms with E-state index in [1.165, 1.54) is 25.0 Å². The molecule has 3 rings (SSSR count). The van der Waals surface area contributed by atoms with Gasteiger partial charge in [0, 0.05) is 18.7 Å². The summed E-state index contributed by atoms with van der Waals surface area (Å²) in [5.74, 6) is -0.161. The fourth-order valence-corrected chi connectivity index (χ4v) is 3.14. The van der Waals surface area contributed by atoms with Crippen molar-refractivity contribution in [2.24, 2.45) is 0 Å². The fourth-order valence-electron chi connectivity index (χ4n) is 3.14. The molecule has 1 aliphatic rings. The lowest BCUT2D eigenvalue weighted by Crippen LogP contribution is -2.32. The maximum absolute atomic E-state index is 13.5. The number of hydrogen-bond donors (Lipinski definition) is 0. The van der Waals surface area contributed by atoms with Gasteiger partial charge in [0.25, 0.3) is 5.91 Å². The smallest absolute Gasteiger partial charge is 0.254 e. The highest BCUT2D eigenvalue weighted by molar-refractivity contribution is 5.97. The van der Waals surface area contributed by atoms with E-state index in [1.54, 1.807) is 6.07 Å². The molecule has 120 valence electrons. The zero-order valence-corrected chi connectivity index (χ0v) is 13.5. The number of carbonyl (C=O) groups excluding carboxylic acids is 1. The Morgan fingerprint density at radius 3 is 2.35 bits per heavy atom. The van der Waals surface area contributed by atoms with Crippen molar-refractivity contribution in [3.05, 3.63) is 59.4 Å². The van der Waals surface area contributed by atoms with Gasteiger partial charge in [-0.15, -0.1) is 0 Å². The van der Waals surface area contributed by atoms with Crippen LogP contribution in [0, 0.1) is 12.7 Å². The van der Waals surface area contributed by atoms with Gasteiger partial charge in [0.2, 0.25) is 0 Å². The first-order valence-corrected chi connectivity index (χ1v) is 8.31. The number of carbonyl (C=O) groups is 1. The van der Waals surface area contributed by atoms with Gasteiger partial charge in [-0.2, -0.15) is 0 Å². The van der Waals surface area contributed by atoms with Crippen molar-refractivity contribution in [2.45, 2.75) is 32.6 Å². The third kappa shape index (κ3) is 3.61. The summed E-state index contributed by atoms with van der Waals surface area (Å²) in [5.41, 5.74) is 3.39. The monoisotopic (exact) mass is 311 g/mol. The van der Waals surface area contributed by atoms with Crippen LogP contribution >= 0.6 is 0 Å². The predicted octanol–water partition coefficient (Wildman–Crippen LogP) is 4.82. The van der Waals surface area contributed by atoms with Gasteiger partial charge in [0.15, 0.2) is 0 Å². The molecule has 3 heteroatoms. The Kier molecular flexibility index (Phi) is 4.75. The van der Waals surface area contributed by atoms with Crippen molar-refractivity contribution < 1.29 is 9.18 Å². The molecule has 2 nitrogen and oxygen atoms in total. The zero-order valence-electron chi connectivity index (χ0n) is 13.5. The molecular weight excluding hydrogens is 289 g/mol. The van der Waals surface area contributed by atoms with Gasteiger partial charge in [-0.25, -0.2) is 4.39 Å². The van der Waals surface area contributed by atoms with Crippen molar-refractivity contribution in [3.8, 4) is 11.1 Å². The minimum atomic E-state index is -0.261. The van der Waals surface area contributed by atoms with Crippen LogP contribution in [0.15, 0.2) is 42.5 Å². The molecule has 1 saturated heterocycles. The van der Waals surface area contributed by atoms with E-state index >= 15 is 0 Å². The fraction of sp³-hybridized carbons (Fsp3) is 0.350. The van der Waals surface area contributed by atoms with Gasteiger partial charge in [0.05, 0.1) is 0 Å². The molecule has 1 amide bonds. The van der Waals surface area contributed by atoms with Crippen molar-refractivity contribution in [2.75, 3.05) is 13.1 Å². The molecule has 0 spiro atoms. The van der Waals surface area contributed by atoms with E-state index in [9.17, 15) is 9.18 Å². The van der Waals surface area contributed by atoms with Crippen molar-refractivity contribution in [3.63, 3.8) is 0 Å². The largest absolute Gasteiger partial charge is 0.339 e. The SMILES string of the molecule is Cc1ccc(-c2cccc(F)c2)cc1C(=O)N1CCCCCC1. The number of rotatable bonds is 2. The summed E-state index contributed by atoms with van der Waals surface area (Å²) in [7, 11) is 0. The maximum Gasteiger partial charge on any atom is 0.254 e. The number of aryl methyl sites for hydroxylation is 1. The molecule has 1 heterocycles. The highest BCUT2D eigenvalue weighted by Crippen LogP contribution is 2.24. The molecule has 0 N–H and O–H groups in total. The molecule has 0 bridgehead atoms. The van der Waals surface area contributed by atoms with Gasteiger partial charge >= 0.3 is 0 Å². The van der Waals surface area contributed by atoms with E-state index in [0.29, 0.717) is 0 Å². The van der Waals surface area contributed by atoms with Gasteiger partial charge in [-0.05, 0) is 54.7 Å². The summed E-state index contributed by atoms with van der Waals surface area (Å²) in [5, 5.41) is 0. The zero-order chi connectivity index (χ0) is 16.2. The maximum atomic E-state index is 13.5. The van der Waals surface area contributed by atoms with E-state index in [-0.39, 0.29) is 11.7 Å². The lowest BCUT2D eigenvalue weighted by molar-refractivity contribution is 0.0761. The second-order valence-electron chi connectivity index (χ2n) is 6.25. The number of benzene rings is 2. The molecule has 0 aliphatic carbocycles. The summed E-state index contributed by atoms with van der Waals surface area (Å²) in [6, 6.07) is 12.3. The molecule has 2 aromatic carbocycles. The number of nitrogens with zero attached hydrogens (tertiary/aromatic N) is 1. The average molecular weight is 311 g/mol. The van der Waals surface area contributed by atoms with Crippen molar-refractivity contribution >= 4 is 5.91 Å². The highest BCUT2D eigenvalue weighted by atomic mass is 19.1. The van der Waals surface area contributed by atoms with Gasteiger partial charge < -0.3 is 4.90 Å². The van der Waals surface area contributed by atoms with Gasteiger partial charge in [-0.1, -0.05) is 37.1 Å². The summed E-state index contributed by atoms with van der Waals surface area (Å²) in [6.45, 7) is 3.63. The van der Waals surface area contributed by atoms with Gasteiger partial charge in [0.1, 0.15) is 5.82 Å². The lowest BCUT2D eigenvalue weighted by Gasteiger charge is -2.21. The Labute approximate surface area is 136 Å². The van der Waals surface area contributed by atoms with Gasteiger partial charge in [-0.3, -0.25) is 4.79 Å². The highest BCUT2D eigenvalue weighted by Gasteiger charge is 2.19. The first-order chi connectivity index (χ1) is 11.1.